The molecule has 0 aliphatic carbocycles. The minimum atomic E-state index is -1.70. The van der Waals surface area contributed by atoms with Gasteiger partial charge in [-0.1, -0.05) is 18.2 Å². The van der Waals surface area contributed by atoms with Crippen molar-refractivity contribution in [2.75, 3.05) is 11.9 Å². The molecule has 0 aromatic heterocycles. The largest absolute Gasteiger partial charge is 0.464 e. The number of carbonyl (C=O) groups is 3. The van der Waals surface area contributed by atoms with Gasteiger partial charge in [0.15, 0.2) is 0 Å². The van der Waals surface area contributed by atoms with Crippen LogP contribution < -0.4 is 10.6 Å². The molecule has 1 heterocycles. The van der Waals surface area contributed by atoms with Gasteiger partial charge in [-0.2, -0.15) is 0 Å². The molecule has 6 heteroatoms. The van der Waals surface area contributed by atoms with Crippen molar-refractivity contribution >= 4 is 23.5 Å². The van der Waals surface area contributed by atoms with Crippen LogP contribution in [0, 0.1) is 0 Å². The van der Waals surface area contributed by atoms with Gasteiger partial charge in [-0.3, -0.25) is 9.59 Å². The van der Waals surface area contributed by atoms with Crippen LogP contribution in [0.2, 0.25) is 0 Å². The second-order valence-electron chi connectivity index (χ2n) is 4.60. The average molecular weight is 276 g/mol. The molecule has 0 spiro atoms. The van der Waals surface area contributed by atoms with Crippen molar-refractivity contribution in [3.05, 3.63) is 29.8 Å². The Kier molecular flexibility index (Phi) is 3.74. The SMILES string of the molecule is CCOC(=O)[C@@]1(NC(C)=O)Cc2ccccc2NC1=O. The summed E-state index contributed by atoms with van der Waals surface area (Å²) in [7, 11) is 0. The number of carbonyl (C=O) groups excluding carboxylic acids is 3. The molecule has 2 rings (SSSR count). The van der Waals surface area contributed by atoms with E-state index in [4.69, 9.17) is 4.74 Å². The molecule has 2 amide bonds. The van der Waals surface area contributed by atoms with Crippen molar-refractivity contribution in [1.82, 2.24) is 5.32 Å². The number of anilines is 1. The Balaban J connectivity index is 2.44. The fourth-order valence-electron chi connectivity index (χ4n) is 2.26. The van der Waals surface area contributed by atoms with Gasteiger partial charge in [0.05, 0.1) is 6.61 Å². The number of fused-ring (bicyclic) bond motifs is 1. The van der Waals surface area contributed by atoms with E-state index < -0.39 is 23.3 Å². The van der Waals surface area contributed by atoms with Crippen LogP contribution in [0.3, 0.4) is 0 Å². The molecule has 1 aliphatic rings. The van der Waals surface area contributed by atoms with Crippen LogP contribution in [-0.2, 0) is 25.5 Å². The standard InChI is InChI=1S/C14H16N2O4/c1-3-20-13(19)14(16-9(2)17)8-10-6-4-5-7-11(10)15-12(14)18/h4-7H,3,8H2,1-2H3,(H,15,18)(H,16,17)/t14-/m1/s1. The van der Waals surface area contributed by atoms with Gasteiger partial charge in [-0.15, -0.1) is 0 Å². The number of benzene rings is 1. The fraction of sp³-hybridized carbons (Fsp3) is 0.357. The summed E-state index contributed by atoms with van der Waals surface area (Å²) in [6.07, 6.45) is 0.0768. The monoisotopic (exact) mass is 276 g/mol. The molecule has 1 aromatic rings. The van der Waals surface area contributed by atoms with Gasteiger partial charge >= 0.3 is 5.97 Å². The van der Waals surface area contributed by atoms with Crippen LogP contribution >= 0.6 is 0 Å². The maximum Gasteiger partial charge on any atom is 0.342 e. The number of para-hydroxylation sites is 1. The van der Waals surface area contributed by atoms with Crippen LogP contribution in [0.25, 0.3) is 0 Å². The zero-order chi connectivity index (χ0) is 14.8. The number of amides is 2. The molecule has 1 aliphatic heterocycles. The predicted molar refractivity (Wildman–Crippen MR) is 72.0 cm³/mol. The summed E-state index contributed by atoms with van der Waals surface area (Å²) < 4.78 is 4.96. The first kappa shape index (κ1) is 14.0. The van der Waals surface area contributed by atoms with Crippen molar-refractivity contribution in [2.24, 2.45) is 0 Å². The molecule has 0 saturated heterocycles. The van der Waals surface area contributed by atoms with E-state index in [1.54, 1.807) is 31.2 Å². The maximum atomic E-state index is 12.3. The summed E-state index contributed by atoms with van der Waals surface area (Å²) in [5.74, 6) is -1.79. The van der Waals surface area contributed by atoms with E-state index in [1.807, 2.05) is 0 Å². The first-order valence-electron chi connectivity index (χ1n) is 6.35. The minimum absolute atomic E-state index is 0.0768. The summed E-state index contributed by atoms with van der Waals surface area (Å²) in [5.41, 5.74) is -0.285. The highest BCUT2D eigenvalue weighted by molar-refractivity contribution is 6.16. The summed E-state index contributed by atoms with van der Waals surface area (Å²) in [4.78, 5) is 35.9. The van der Waals surface area contributed by atoms with Crippen LogP contribution in [0.5, 0.6) is 0 Å². The Labute approximate surface area is 116 Å². The van der Waals surface area contributed by atoms with Crippen molar-refractivity contribution in [3.63, 3.8) is 0 Å². The van der Waals surface area contributed by atoms with Gasteiger partial charge < -0.3 is 15.4 Å². The van der Waals surface area contributed by atoms with E-state index >= 15 is 0 Å². The highest BCUT2D eigenvalue weighted by Crippen LogP contribution is 2.29. The molecule has 1 aromatic carbocycles. The summed E-state index contributed by atoms with van der Waals surface area (Å²) in [6, 6.07) is 7.13. The number of hydrogen-bond donors (Lipinski definition) is 2. The summed E-state index contributed by atoms with van der Waals surface area (Å²) in [5, 5.41) is 5.09. The highest BCUT2D eigenvalue weighted by atomic mass is 16.5. The molecular formula is C14H16N2O4. The van der Waals surface area contributed by atoms with E-state index in [2.05, 4.69) is 10.6 Å². The molecule has 0 saturated carbocycles. The molecule has 0 fully saturated rings. The van der Waals surface area contributed by atoms with Crippen molar-refractivity contribution < 1.29 is 19.1 Å². The van der Waals surface area contributed by atoms with Crippen molar-refractivity contribution in [2.45, 2.75) is 25.8 Å². The van der Waals surface area contributed by atoms with Crippen molar-refractivity contribution in [3.8, 4) is 0 Å². The van der Waals surface area contributed by atoms with E-state index in [0.29, 0.717) is 5.69 Å². The minimum Gasteiger partial charge on any atom is -0.464 e. The topological polar surface area (TPSA) is 84.5 Å². The highest BCUT2D eigenvalue weighted by Gasteiger charge is 2.51. The number of esters is 1. The lowest BCUT2D eigenvalue weighted by Gasteiger charge is -2.35. The third-order valence-corrected chi connectivity index (χ3v) is 3.12. The predicted octanol–water partition coefficient (Wildman–Crippen LogP) is 0.619. The van der Waals surface area contributed by atoms with Crippen LogP contribution in [-0.4, -0.2) is 29.9 Å². The van der Waals surface area contributed by atoms with Gasteiger partial charge in [-0.05, 0) is 18.6 Å². The molecule has 1 atom stereocenters. The smallest absolute Gasteiger partial charge is 0.342 e. The van der Waals surface area contributed by atoms with Gasteiger partial charge in [0.1, 0.15) is 0 Å². The molecule has 6 nitrogen and oxygen atoms in total. The van der Waals surface area contributed by atoms with E-state index in [9.17, 15) is 14.4 Å². The van der Waals surface area contributed by atoms with Crippen molar-refractivity contribution in [1.29, 1.82) is 0 Å². The molecule has 0 radical (unpaired) electrons. The Morgan fingerprint density at radius 2 is 2.10 bits per heavy atom. The van der Waals surface area contributed by atoms with Crippen LogP contribution in [0.4, 0.5) is 5.69 Å². The summed E-state index contributed by atoms with van der Waals surface area (Å²) >= 11 is 0. The number of hydrogen-bond acceptors (Lipinski definition) is 4. The zero-order valence-electron chi connectivity index (χ0n) is 11.4. The van der Waals surface area contributed by atoms with Gasteiger partial charge in [-0.25, -0.2) is 4.79 Å². The number of ether oxygens (including phenoxy) is 1. The lowest BCUT2D eigenvalue weighted by Crippen LogP contribution is -2.65. The normalized spacial score (nSPS) is 20.6. The average Bonchev–Trinajstić information content (AvgIpc) is 2.39. The molecule has 106 valence electrons. The Morgan fingerprint density at radius 1 is 1.40 bits per heavy atom. The lowest BCUT2D eigenvalue weighted by molar-refractivity contribution is -0.157. The van der Waals surface area contributed by atoms with E-state index in [0.717, 1.165) is 5.56 Å². The molecule has 0 unspecified atom stereocenters. The number of nitrogens with one attached hydrogen (secondary N) is 2. The van der Waals surface area contributed by atoms with E-state index in [1.165, 1.54) is 6.92 Å². The molecule has 20 heavy (non-hydrogen) atoms. The second kappa shape index (κ2) is 5.32. The van der Waals surface area contributed by atoms with E-state index in [-0.39, 0.29) is 13.0 Å². The maximum absolute atomic E-state index is 12.3. The second-order valence-corrected chi connectivity index (χ2v) is 4.60. The first-order chi connectivity index (χ1) is 9.49. The zero-order valence-corrected chi connectivity index (χ0v) is 11.4. The van der Waals surface area contributed by atoms with Gasteiger partial charge in [0.25, 0.3) is 5.91 Å². The first-order valence-corrected chi connectivity index (χ1v) is 6.35. The van der Waals surface area contributed by atoms with Gasteiger partial charge in [0, 0.05) is 19.0 Å². The Morgan fingerprint density at radius 3 is 2.75 bits per heavy atom. The molecular weight excluding hydrogens is 260 g/mol. The lowest BCUT2D eigenvalue weighted by atomic mass is 9.85. The number of rotatable bonds is 3. The Hall–Kier alpha value is -2.37. The fourth-order valence-corrected chi connectivity index (χ4v) is 2.26. The third-order valence-electron chi connectivity index (χ3n) is 3.12. The van der Waals surface area contributed by atoms with Crippen LogP contribution in [0.15, 0.2) is 24.3 Å². The van der Waals surface area contributed by atoms with Crippen LogP contribution in [0.1, 0.15) is 19.4 Å². The van der Waals surface area contributed by atoms with Gasteiger partial charge in [0.2, 0.25) is 11.4 Å². The molecule has 0 bridgehead atoms. The third kappa shape index (κ3) is 2.36. The molecule has 2 N–H and O–H groups in total. The quantitative estimate of drug-likeness (QED) is 0.626. The Bertz CT molecular complexity index is 570. The summed E-state index contributed by atoms with van der Waals surface area (Å²) in [6.45, 7) is 3.04.